The van der Waals surface area contributed by atoms with Gasteiger partial charge in [-0.05, 0) is 50.5 Å². The molecule has 3 atom stereocenters. The second kappa shape index (κ2) is 5.43. The summed E-state index contributed by atoms with van der Waals surface area (Å²) >= 11 is 0. The molecule has 1 aromatic rings. The number of aromatic nitrogens is 2. The highest BCUT2D eigenvalue weighted by atomic mass is 15.3. The number of aryl methyl sites for hydroxylation is 2. The van der Waals surface area contributed by atoms with Gasteiger partial charge in [-0.3, -0.25) is 4.68 Å². The molecule has 2 N–H and O–H groups in total. The van der Waals surface area contributed by atoms with Crippen molar-refractivity contribution >= 4 is 0 Å². The van der Waals surface area contributed by atoms with Gasteiger partial charge >= 0.3 is 0 Å². The first-order chi connectivity index (χ1) is 8.49. The normalized spacial score (nSPS) is 26.3. The summed E-state index contributed by atoms with van der Waals surface area (Å²) < 4.78 is 1.97. The molecule has 1 fully saturated rings. The Balaban J connectivity index is 2.04. The lowest BCUT2D eigenvalue weighted by Crippen LogP contribution is -2.35. The Morgan fingerprint density at radius 3 is 2.67 bits per heavy atom. The van der Waals surface area contributed by atoms with Gasteiger partial charge in [-0.15, -0.1) is 0 Å². The quantitative estimate of drug-likeness (QED) is 0.895. The molecule has 18 heavy (non-hydrogen) atoms. The van der Waals surface area contributed by atoms with Crippen LogP contribution >= 0.6 is 0 Å². The summed E-state index contributed by atoms with van der Waals surface area (Å²) in [6, 6.07) is 0.300. The van der Waals surface area contributed by atoms with E-state index in [0.29, 0.717) is 12.0 Å². The molecule has 3 heteroatoms. The minimum atomic E-state index is 0.300. The Bertz CT molecular complexity index is 408. The van der Waals surface area contributed by atoms with Crippen molar-refractivity contribution < 1.29 is 0 Å². The van der Waals surface area contributed by atoms with Gasteiger partial charge < -0.3 is 5.73 Å². The second-order valence-corrected chi connectivity index (χ2v) is 6.17. The highest BCUT2D eigenvalue weighted by molar-refractivity contribution is 5.25. The van der Waals surface area contributed by atoms with Crippen LogP contribution in [-0.4, -0.2) is 15.8 Å². The largest absolute Gasteiger partial charge is 0.327 e. The molecule has 3 nitrogen and oxygen atoms in total. The minimum Gasteiger partial charge on any atom is -0.327 e. The molecule has 1 aromatic heterocycles. The van der Waals surface area contributed by atoms with Gasteiger partial charge in [0, 0.05) is 18.8 Å². The molecule has 0 saturated heterocycles. The van der Waals surface area contributed by atoms with Crippen molar-refractivity contribution in [2.75, 3.05) is 0 Å². The van der Waals surface area contributed by atoms with Crippen molar-refractivity contribution in [2.45, 2.75) is 58.9 Å². The minimum absolute atomic E-state index is 0.300. The Morgan fingerprint density at radius 1 is 1.39 bits per heavy atom. The molecule has 0 aliphatic heterocycles. The lowest BCUT2D eigenvalue weighted by Gasteiger charge is -2.31. The van der Waals surface area contributed by atoms with Crippen LogP contribution in [0.2, 0.25) is 0 Å². The fraction of sp³-hybridized carbons (Fsp3) is 0.800. The Hall–Kier alpha value is -0.830. The van der Waals surface area contributed by atoms with E-state index in [9.17, 15) is 0 Å². The van der Waals surface area contributed by atoms with E-state index in [2.05, 4.69) is 25.9 Å². The van der Waals surface area contributed by atoms with Crippen molar-refractivity contribution in [3.05, 3.63) is 17.0 Å². The summed E-state index contributed by atoms with van der Waals surface area (Å²) in [6.45, 7) is 6.60. The summed E-state index contributed by atoms with van der Waals surface area (Å²) in [5.41, 5.74) is 10.2. The number of nitrogens with two attached hydrogens (primary N) is 1. The fourth-order valence-corrected chi connectivity index (χ4v) is 3.39. The molecule has 2 rings (SSSR count). The van der Waals surface area contributed by atoms with Crippen LogP contribution in [0.1, 0.15) is 49.6 Å². The van der Waals surface area contributed by atoms with Crippen molar-refractivity contribution in [1.29, 1.82) is 0 Å². The molecule has 0 spiro atoms. The van der Waals surface area contributed by atoms with E-state index in [1.165, 1.54) is 36.9 Å². The van der Waals surface area contributed by atoms with Crippen LogP contribution in [0.25, 0.3) is 0 Å². The number of nitrogens with zero attached hydrogens (tertiary/aromatic N) is 2. The average molecular weight is 249 g/mol. The molecule has 1 aliphatic carbocycles. The van der Waals surface area contributed by atoms with E-state index in [-0.39, 0.29) is 0 Å². The predicted octanol–water partition coefficient (Wildman–Crippen LogP) is 2.73. The molecule has 1 saturated carbocycles. The van der Waals surface area contributed by atoms with Crippen LogP contribution in [0.5, 0.6) is 0 Å². The third-order valence-electron chi connectivity index (χ3n) is 4.68. The highest BCUT2D eigenvalue weighted by Gasteiger charge is 2.25. The van der Waals surface area contributed by atoms with E-state index in [4.69, 9.17) is 5.73 Å². The molecule has 3 unspecified atom stereocenters. The van der Waals surface area contributed by atoms with Crippen LogP contribution in [0.3, 0.4) is 0 Å². The Morgan fingerprint density at radius 2 is 2.11 bits per heavy atom. The zero-order chi connectivity index (χ0) is 13.3. The second-order valence-electron chi connectivity index (χ2n) is 6.17. The van der Waals surface area contributed by atoms with Gasteiger partial charge in [-0.25, -0.2) is 0 Å². The lowest BCUT2D eigenvalue weighted by molar-refractivity contribution is 0.245. The first-order valence-corrected chi connectivity index (χ1v) is 7.23. The lowest BCUT2D eigenvalue weighted by atomic mass is 9.77. The van der Waals surface area contributed by atoms with E-state index in [0.717, 1.165) is 18.0 Å². The maximum atomic E-state index is 6.45. The Labute approximate surface area is 111 Å². The van der Waals surface area contributed by atoms with Gasteiger partial charge in [0.2, 0.25) is 0 Å². The molecule has 0 bridgehead atoms. The van der Waals surface area contributed by atoms with Crippen molar-refractivity contribution in [1.82, 2.24) is 9.78 Å². The molecule has 1 heterocycles. The third-order valence-corrected chi connectivity index (χ3v) is 4.68. The molecule has 1 aliphatic rings. The van der Waals surface area contributed by atoms with Gasteiger partial charge in [0.1, 0.15) is 0 Å². The number of hydrogen-bond acceptors (Lipinski definition) is 2. The van der Waals surface area contributed by atoms with Gasteiger partial charge in [0.15, 0.2) is 0 Å². The fourth-order valence-electron chi connectivity index (χ4n) is 3.39. The molecule has 0 aromatic carbocycles. The number of hydrogen-bond donors (Lipinski definition) is 1. The Kier molecular flexibility index (Phi) is 4.10. The van der Waals surface area contributed by atoms with Crippen molar-refractivity contribution in [2.24, 2.45) is 24.6 Å². The topological polar surface area (TPSA) is 43.8 Å². The van der Waals surface area contributed by atoms with Crippen LogP contribution in [0.4, 0.5) is 0 Å². The van der Waals surface area contributed by atoms with E-state index in [1.807, 2.05) is 11.7 Å². The molecule has 0 amide bonds. The number of rotatable bonds is 3. The van der Waals surface area contributed by atoms with Crippen LogP contribution in [0.15, 0.2) is 0 Å². The van der Waals surface area contributed by atoms with Crippen LogP contribution in [-0.2, 0) is 13.5 Å². The molecular weight excluding hydrogens is 222 g/mol. The zero-order valence-corrected chi connectivity index (χ0v) is 12.2. The van der Waals surface area contributed by atoms with Crippen LogP contribution < -0.4 is 5.73 Å². The maximum Gasteiger partial charge on any atom is 0.0628 e. The van der Waals surface area contributed by atoms with Gasteiger partial charge in [-0.1, -0.05) is 19.8 Å². The summed E-state index contributed by atoms with van der Waals surface area (Å²) in [7, 11) is 2.01. The van der Waals surface area contributed by atoms with Crippen molar-refractivity contribution in [3.8, 4) is 0 Å². The zero-order valence-electron chi connectivity index (χ0n) is 12.2. The monoisotopic (exact) mass is 249 g/mol. The first kappa shape index (κ1) is 13.6. The van der Waals surface area contributed by atoms with E-state index >= 15 is 0 Å². The predicted molar refractivity (Wildman–Crippen MR) is 75.5 cm³/mol. The van der Waals surface area contributed by atoms with Crippen LogP contribution in [0, 0.1) is 25.7 Å². The maximum absolute atomic E-state index is 6.45. The van der Waals surface area contributed by atoms with Gasteiger partial charge in [0.05, 0.1) is 5.69 Å². The van der Waals surface area contributed by atoms with Gasteiger partial charge in [-0.2, -0.15) is 5.10 Å². The summed E-state index contributed by atoms with van der Waals surface area (Å²) in [5, 5.41) is 4.48. The van der Waals surface area contributed by atoms with E-state index in [1.54, 1.807) is 0 Å². The first-order valence-electron chi connectivity index (χ1n) is 7.23. The van der Waals surface area contributed by atoms with Crippen molar-refractivity contribution in [3.63, 3.8) is 0 Å². The molecule has 102 valence electrons. The summed E-state index contributed by atoms with van der Waals surface area (Å²) in [5.74, 6) is 1.55. The third kappa shape index (κ3) is 2.77. The van der Waals surface area contributed by atoms with Gasteiger partial charge in [0.25, 0.3) is 0 Å². The van der Waals surface area contributed by atoms with E-state index < -0.39 is 0 Å². The SMILES string of the molecule is Cc1nn(C)c(C)c1CC(N)C1CCCC(C)C1. The molecule has 0 radical (unpaired) electrons. The molecular formula is C15H27N3. The smallest absolute Gasteiger partial charge is 0.0628 e. The highest BCUT2D eigenvalue weighted by Crippen LogP contribution is 2.31. The summed E-state index contributed by atoms with van der Waals surface area (Å²) in [6.07, 6.45) is 6.34. The standard InChI is InChI=1S/C15H27N3/c1-10-6-5-7-13(8-10)15(16)9-14-11(2)17-18(4)12(14)3/h10,13,15H,5-9,16H2,1-4H3. The average Bonchev–Trinajstić information content (AvgIpc) is 2.56. The summed E-state index contributed by atoms with van der Waals surface area (Å²) in [4.78, 5) is 0.